The smallest absolute Gasteiger partial charge is 0.188 e. The van der Waals surface area contributed by atoms with Crippen LogP contribution in [0.25, 0.3) is 11.5 Å². The second-order valence-electron chi connectivity index (χ2n) is 2.61. The molecule has 0 aliphatic carbocycles. The van der Waals surface area contributed by atoms with Crippen molar-refractivity contribution in [2.24, 2.45) is 7.05 Å². The first-order chi connectivity index (χ1) is 6.18. The normalized spacial score (nSPS) is 10.6. The van der Waals surface area contributed by atoms with Crippen molar-refractivity contribution >= 4 is 17.4 Å². The van der Waals surface area contributed by atoms with Crippen molar-refractivity contribution in [3.63, 3.8) is 0 Å². The molecule has 0 aromatic carbocycles. The molecule has 13 heavy (non-hydrogen) atoms. The Morgan fingerprint density at radius 3 is 2.85 bits per heavy atom. The first-order valence-corrected chi connectivity index (χ1v) is 3.95. The fourth-order valence-electron chi connectivity index (χ4n) is 1.08. The molecule has 0 saturated heterocycles. The lowest BCUT2D eigenvalue weighted by Crippen LogP contribution is -1.88. The third-order valence-electron chi connectivity index (χ3n) is 1.65. The average Bonchev–Trinajstić information content (AvgIpc) is 2.60. The Morgan fingerprint density at radius 1 is 1.62 bits per heavy atom. The number of imidazole rings is 1. The third-order valence-corrected chi connectivity index (χ3v) is 1.93. The minimum atomic E-state index is 0.326. The number of nitrogens with zero attached hydrogens (tertiary/aromatic N) is 3. The molecule has 68 valence electrons. The lowest BCUT2D eigenvalue weighted by atomic mass is 10.3. The summed E-state index contributed by atoms with van der Waals surface area (Å²) in [6.45, 7) is 0. The number of aryl methyl sites for hydroxylation is 1. The summed E-state index contributed by atoms with van der Waals surface area (Å²) in [5, 5.41) is 3.93. The van der Waals surface area contributed by atoms with Gasteiger partial charge in [-0.25, -0.2) is 4.98 Å². The van der Waals surface area contributed by atoms with Crippen LogP contribution >= 0.6 is 11.6 Å². The number of halogens is 1. The van der Waals surface area contributed by atoms with Crippen molar-refractivity contribution in [2.45, 2.75) is 0 Å². The zero-order valence-corrected chi connectivity index (χ0v) is 7.62. The Morgan fingerprint density at radius 2 is 2.38 bits per heavy atom. The van der Waals surface area contributed by atoms with E-state index < -0.39 is 0 Å². The van der Waals surface area contributed by atoms with Gasteiger partial charge in [-0.05, 0) is 0 Å². The molecular formula is C7H7ClN4O. The Hall–Kier alpha value is -1.49. The van der Waals surface area contributed by atoms with Gasteiger partial charge in [0.15, 0.2) is 16.7 Å². The van der Waals surface area contributed by atoms with Crippen LogP contribution in [0.3, 0.4) is 0 Å². The third kappa shape index (κ3) is 1.27. The highest BCUT2D eigenvalue weighted by molar-refractivity contribution is 6.31. The molecule has 2 heterocycles. The van der Waals surface area contributed by atoms with Crippen LogP contribution in [-0.4, -0.2) is 14.7 Å². The molecule has 0 saturated carbocycles. The summed E-state index contributed by atoms with van der Waals surface area (Å²) in [7, 11) is 1.81. The van der Waals surface area contributed by atoms with E-state index in [1.807, 2.05) is 7.05 Å². The maximum absolute atomic E-state index is 5.83. The summed E-state index contributed by atoms with van der Waals surface area (Å²) in [4.78, 5) is 3.90. The summed E-state index contributed by atoms with van der Waals surface area (Å²) in [6.07, 6.45) is 1.59. The fraction of sp³-hybridized carbons (Fsp3) is 0.143. The van der Waals surface area contributed by atoms with Crippen molar-refractivity contribution in [2.75, 3.05) is 5.73 Å². The number of nitrogen functional groups attached to an aromatic ring is 1. The van der Waals surface area contributed by atoms with Crippen LogP contribution in [0.1, 0.15) is 0 Å². The van der Waals surface area contributed by atoms with E-state index in [2.05, 4.69) is 10.1 Å². The number of hydrogen-bond donors (Lipinski definition) is 1. The van der Waals surface area contributed by atoms with Gasteiger partial charge in [0, 0.05) is 13.1 Å². The summed E-state index contributed by atoms with van der Waals surface area (Å²) >= 11 is 5.83. The van der Waals surface area contributed by atoms with Crippen LogP contribution in [0.4, 0.5) is 5.82 Å². The van der Waals surface area contributed by atoms with Crippen LogP contribution in [-0.2, 0) is 7.05 Å². The molecule has 0 radical (unpaired) electrons. The molecule has 2 N–H and O–H groups in total. The van der Waals surface area contributed by atoms with Gasteiger partial charge in [0.05, 0.1) is 6.33 Å². The number of aromatic nitrogens is 3. The largest absolute Gasteiger partial charge is 0.381 e. The van der Waals surface area contributed by atoms with Gasteiger partial charge in [0.25, 0.3) is 0 Å². The number of anilines is 1. The minimum absolute atomic E-state index is 0.326. The van der Waals surface area contributed by atoms with Crippen LogP contribution < -0.4 is 5.73 Å². The van der Waals surface area contributed by atoms with Crippen LogP contribution in [0.15, 0.2) is 16.9 Å². The van der Waals surface area contributed by atoms with Crippen molar-refractivity contribution in [1.29, 1.82) is 0 Å². The zero-order chi connectivity index (χ0) is 9.42. The molecule has 0 fully saturated rings. The van der Waals surface area contributed by atoms with Gasteiger partial charge in [-0.1, -0.05) is 16.8 Å². The first-order valence-electron chi connectivity index (χ1n) is 3.58. The lowest BCUT2D eigenvalue weighted by Gasteiger charge is -1.95. The summed E-state index contributed by atoms with van der Waals surface area (Å²) < 4.78 is 6.69. The molecule has 0 aliphatic heterocycles. The molecule has 0 amide bonds. The predicted molar refractivity (Wildman–Crippen MR) is 48.1 cm³/mol. The molecule has 0 atom stereocenters. The summed E-state index contributed by atoms with van der Waals surface area (Å²) in [5.74, 6) is 0.842. The van der Waals surface area contributed by atoms with Crippen molar-refractivity contribution in [3.8, 4) is 11.5 Å². The Bertz CT molecular complexity index is 414. The van der Waals surface area contributed by atoms with Crippen molar-refractivity contribution in [3.05, 3.63) is 17.5 Å². The number of hydrogen-bond acceptors (Lipinski definition) is 4. The zero-order valence-electron chi connectivity index (χ0n) is 6.86. The molecule has 2 aromatic rings. The lowest BCUT2D eigenvalue weighted by molar-refractivity contribution is 0.433. The maximum atomic E-state index is 5.83. The van der Waals surface area contributed by atoms with E-state index in [4.69, 9.17) is 21.9 Å². The molecule has 2 aromatic heterocycles. The molecule has 0 unspecified atom stereocenters. The molecule has 2 rings (SSSR count). The van der Waals surface area contributed by atoms with Crippen molar-refractivity contribution in [1.82, 2.24) is 14.7 Å². The first kappa shape index (κ1) is 8.12. The van der Waals surface area contributed by atoms with E-state index in [9.17, 15) is 0 Å². The van der Waals surface area contributed by atoms with Gasteiger partial charge in [-0.15, -0.1) is 0 Å². The van der Waals surface area contributed by atoms with E-state index >= 15 is 0 Å². The monoisotopic (exact) mass is 198 g/mol. The van der Waals surface area contributed by atoms with Crippen LogP contribution in [0.2, 0.25) is 5.15 Å². The van der Waals surface area contributed by atoms with Gasteiger partial charge >= 0.3 is 0 Å². The van der Waals surface area contributed by atoms with E-state index in [-0.39, 0.29) is 0 Å². The standard InChI is InChI=1S/C7H7ClN4O/c1-12-3-10-7(8)6(12)4-2-5(9)11-13-4/h2-3H,1H3,(H2,9,11). The molecule has 0 bridgehead atoms. The molecule has 0 spiro atoms. The van der Waals surface area contributed by atoms with Gasteiger partial charge in [-0.3, -0.25) is 0 Å². The Balaban J connectivity index is 2.57. The average molecular weight is 199 g/mol. The number of rotatable bonds is 1. The molecular weight excluding hydrogens is 192 g/mol. The summed E-state index contributed by atoms with van der Waals surface area (Å²) in [5.41, 5.74) is 6.08. The van der Waals surface area contributed by atoms with E-state index in [0.717, 1.165) is 0 Å². The fourth-order valence-corrected chi connectivity index (χ4v) is 1.35. The van der Waals surface area contributed by atoms with E-state index in [1.54, 1.807) is 17.0 Å². The Labute approximate surface area is 79.1 Å². The second kappa shape index (κ2) is 2.77. The Kier molecular flexibility index (Phi) is 1.73. The van der Waals surface area contributed by atoms with Gasteiger partial charge < -0.3 is 14.8 Å². The molecule has 5 nitrogen and oxygen atoms in total. The van der Waals surface area contributed by atoms with Gasteiger partial charge in [-0.2, -0.15) is 0 Å². The summed E-state index contributed by atoms with van der Waals surface area (Å²) in [6, 6.07) is 1.60. The quantitative estimate of drug-likeness (QED) is 0.750. The van der Waals surface area contributed by atoms with Crippen molar-refractivity contribution < 1.29 is 4.52 Å². The number of nitrogens with two attached hydrogens (primary N) is 1. The molecule has 6 heteroatoms. The highest BCUT2D eigenvalue weighted by Crippen LogP contribution is 2.26. The molecule has 0 aliphatic rings. The van der Waals surface area contributed by atoms with Crippen LogP contribution in [0, 0.1) is 0 Å². The van der Waals surface area contributed by atoms with Gasteiger partial charge in [0.2, 0.25) is 0 Å². The predicted octanol–water partition coefficient (Wildman–Crippen LogP) is 1.31. The SMILES string of the molecule is Cn1cnc(Cl)c1-c1cc(N)no1. The maximum Gasteiger partial charge on any atom is 0.188 e. The minimum Gasteiger partial charge on any atom is -0.381 e. The second-order valence-corrected chi connectivity index (χ2v) is 2.97. The topological polar surface area (TPSA) is 69.9 Å². The van der Waals surface area contributed by atoms with E-state index in [0.29, 0.717) is 22.4 Å². The highest BCUT2D eigenvalue weighted by atomic mass is 35.5. The highest BCUT2D eigenvalue weighted by Gasteiger charge is 2.13. The van der Waals surface area contributed by atoms with E-state index in [1.165, 1.54) is 0 Å². The van der Waals surface area contributed by atoms with Crippen LogP contribution in [0.5, 0.6) is 0 Å². The van der Waals surface area contributed by atoms with Gasteiger partial charge in [0.1, 0.15) is 5.69 Å².